The summed E-state index contributed by atoms with van der Waals surface area (Å²) in [6.07, 6.45) is 2.41. The molecule has 1 saturated heterocycles. The van der Waals surface area contributed by atoms with Crippen LogP contribution in [0.1, 0.15) is 31.4 Å². The average Bonchev–Trinajstić information content (AvgIpc) is 2.95. The monoisotopic (exact) mass is 354 g/mol. The number of hydrogen-bond acceptors (Lipinski definition) is 5. The first kappa shape index (κ1) is 16.9. The molecule has 1 aliphatic heterocycles. The highest BCUT2D eigenvalue weighted by molar-refractivity contribution is 7.92. The van der Waals surface area contributed by atoms with E-state index in [1.54, 1.807) is 11.0 Å². The van der Waals surface area contributed by atoms with Gasteiger partial charge in [0.2, 0.25) is 5.91 Å². The average molecular weight is 354 g/mol. The van der Waals surface area contributed by atoms with Crippen LogP contribution < -0.4 is 0 Å². The van der Waals surface area contributed by atoms with E-state index in [1.165, 1.54) is 19.1 Å². The van der Waals surface area contributed by atoms with Gasteiger partial charge in [0, 0.05) is 36.7 Å². The molecule has 2 aromatic rings. The van der Waals surface area contributed by atoms with Gasteiger partial charge in [0.1, 0.15) is 11.1 Å². The second-order valence-corrected chi connectivity index (χ2v) is 8.65. The Kier molecular flexibility index (Phi) is 4.33. The summed E-state index contributed by atoms with van der Waals surface area (Å²) < 4.78 is 41.5. The van der Waals surface area contributed by atoms with E-state index in [1.807, 2.05) is 0 Å². The molecule has 130 valence electrons. The van der Waals surface area contributed by atoms with Gasteiger partial charge in [-0.25, -0.2) is 12.8 Å². The molecule has 0 N–H and O–H groups in total. The SMILES string of the molecule is CC(C(=O)N1CCC(c2noc3cc(F)ccc23)CC1)S(C)(=O)=O. The van der Waals surface area contributed by atoms with E-state index in [-0.39, 0.29) is 17.6 Å². The number of amides is 1. The Bertz CT molecular complexity index is 869. The molecule has 1 aliphatic rings. The summed E-state index contributed by atoms with van der Waals surface area (Å²) in [7, 11) is -3.40. The Morgan fingerprint density at radius 1 is 1.38 bits per heavy atom. The lowest BCUT2D eigenvalue weighted by atomic mass is 9.91. The van der Waals surface area contributed by atoms with Gasteiger partial charge in [-0.05, 0) is 31.9 Å². The molecular formula is C16H19FN2O4S. The third kappa shape index (κ3) is 3.15. The fourth-order valence-electron chi connectivity index (χ4n) is 3.04. The first-order valence-corrected chi connectivity index (χ1v) is 9.75. The van der Waals surface area contributed by atoms with Gasteiger partial charge < -0.3 is 9.42 Å². The highest BCUT2D eigenvalue weighted by Gasteiger charge is 2.32. The van der Waals surface area contributed by atoms with Crippen molar-refractivity contribution in [1.82, 2.24) is 10.1 Å². The highest BCUT2D eigenvalue weighted by Crippen LogP contribution is 2.33. The van der Waals surface area contributed by atoms with Crippen molar-refractivity contribution in [2.45, 2.75) is 30.9 Å². The molecule has 1 atom stereocenters. The van der Waals surface area contributed by atoms with Crippen LogP contribution in [0.15, 0.2) is 22.7 Å². The van der Waals surface area contributed by atoms with Gasteiger partial charge in [0.15, 0.2) is 15.4 Å². The van der Waals surface area contributed by atoms with Crippen LogP contribution in [-0.2, 0) is 14.6 Å². The van der Waals surface area contributed by atoms with Crippen molar-refractivity contribution >= 4 is 26.7 Å². The number of benzene rings is 1. The van der Waals surface area contributed by atoms with Crippen LogP contribution in [-0.4, -0.2) is 49.0 Å². The van der Waals surface area contributed by atoms with E-state index < -0.39 is 15.1 Å². The zero-order chi connectivity index (χ0) is 17.5. The number of sulfone groups is 1. The third-order valence-corrected chi connectivity index (χ3v) is 6.13. The van der Waals surface area contributed by atoms with Crippen molar-refractivity contribution in [2.75, 3.05) is 19.3 Å². The topological polar surface area (TPSA) is 80.5 Å². The van der Waals surface area contributed by atoms with Crippen LogP contribution in [0.4, 0.5) is 4.39 Å². The summed E-state index contributed by atoms with van der Waals surface area (Å²) in [5, 5.41) is 3.82. The fourth-order valence-corrected chi connectivity index (χ4v) is 3.55. The molecular weight excluding hydrogens is 335 g/mol. The zero-order valence-corrected chi connectivity index (χ0v) is 14.3. The van der Waals surface area contributed by atoms with E-state index in [0.717, 1.165) is 17.3 Å². The lowest BCUT2D eigenvalue weighted by Gasteiger charge is -2.32. The van der Waals surface area contributed by atoms with Crippen molar-refractivity contribution in [3.8, 4) is 0 Å². The molecule has 0 radical (unpaired) electrons. The Morgan fingerprint density at radius 3 is 2.67 bits per heavy atom. The molecule has 1 aromatic carbocycles. The molecule has 3 rings (SSSR count). The summed E-state index contributed by atoms with van der Waals surface area (Å²) >= 11 is 0. The molecule has 8 heteroatoms. The Morgan fingerprint density at radius 2 is 2.04 bits per heavy atom. The highest BCUT2D eigenvalue weighted by atomic mass is 32.2. The predicted octanol–water partition coefficient (Wildman–Crippen LogP) is 2.11. The molecule has 1 unspecified atom stereocenters. The molecule has 1 fully saturated rings. The van der Waals surface area contributed by atoms with E-state index >= 15 is 0 Å². The van der Waals surface area contributed by atoms with Crippen LogP contribution in [0, 0.1) is 5.82 Å². The molecule has 2 heterocycles. The molecule has 6 nitrogen and oxygen atoms in total. The fraction of sp³-hybridized carbons (Fsp3) is 0.500. The minimum absolute atomic E-state index is 0.106. The van der Waals surface area contributed by atoms with Crippen LogP contribution in [0.3, 0.4) is 0 Å². The quantitative estimate of drug-likeness (QED) is 0.843. The first-order chi connectivity index (χ1) is 11.3. The second-order valence-electron chi connectivity index (χ2n) is 6.28. The molecule has 1 aromatic heterocycles. The van der Waals surface area contributed by atoms with E-state index in [0.29, 0.717) is 31.5 Å². The van der Waals surface area contributed by atoms with Crippen molar-refractivity contribution in [1.29, 1.82) is 0 Å². The summed E-state index contributed by atoms with van der Waals surface area (Å²) in [5.74, 6) is -0.627. The second kappa shape index (κ2) is 6.16. The van der Waals surface area contributed by atoms with E-state index in [9.17, 15) is 17.6 Å². The van der Waals surface area contributed by atoms with Crippen LogP contribution in [0.5, 0.6) is 0 Å². The molecule has 0 saturated carbocycles. The van der Waals surface area contributed by atoms with Crippen LogP contribution >= 0.6 is 0 Å². The minimum Gasteiger partial charge on any atom is -0.356 e. The number of carbonyl (C=O) groups is 1. The van der Waals surface area contributed by atoms with Gasteiger partial charge in [-0.1, -0.05) is 5.16 Å². The molecule has 24 heavy (non-hydrogen) atoms. The van der Waals surface area contributed by atoms with Gasteiger partial charge in [-0.3, -0.25) is 4.79 Å². The van der Waals surface area contributed by atoms with Crippen molar-refractivity contribution in [3.63, 3.8) is 0 Å². The van der Waals surface area contributed by atoms with Gasteiger partial charge >= 0.3 is 0 Å². The lowest BCUT2D eigenvalue weighted by Crippen LogP contribution is -2.45. The Labute approximate surface area is 139 Å². The standard InChI is InChI=1S/C16H19FN2O4S/c1-10(24(2,21)22)16(20)19-7-5-11(6-8-19)15-13-4-3-12(17)9-14(13)23-18-15/h3-4,9-11H,5-8H2,1-2H3. The van der Waals surface area contributed by atoms with Crippen molar-refractivity contribution < 1.29 is 22.1 Å². The van der Waals surface area contributed by atoms with Crippen molar-refractivity contribution in [2.24, 2.45) is 0 Å². The van der Waals surface area contributed by atoms with E-state index in [2.05, 4.69) is 5.16 Å². The maximum atomic E-state index is 13.2. The zero-order valence-electron chi connectivity index (χ0n) is 13.5. The van der Waals surface area contributed by atoms with Crippen LogP contribution in [0.2, 0.25) is 0 Å². The maximum Gasteiger partial charge on any atom is 0.240 e. The Balaban J connectivity index is 1.72. The summed E-state index contributed by atoms with van der Waals surface area (Å²) in [5.41, 5.74) is 1.18. The third-order valence-electron chi connectivity index (χ3n) is 4.65. The molecule has 1 amide bonds. The van der Waals surface area contributed by atoms with Gasteiger partial charge in [-0.15, -0.1) is 0 Å². The normalized spacial score (nSPS) is 18.0. The predicted molar refractivity (Wildman–Crippen MR) is 86.8 cm³/mol. The number of likely N-dealkylation sites (tertiary alicyclic amines) is 1. The number of carbonyl (C=O) groups excluding carboxylic acids is 1. The first-order valence-electron chi connectivity index (χ1n) is 7.80. The van der Waals surface area contributed by atoms with Gasteiger partial charge in [-0.2, -0.15) is 0 Å². The summed E-state index contributed by atoms with van der Waals surface area (Å²) in [6.45, 7) is 2.36. The number of halogens is 1. The summed E-state index contributed by atoms with van der Waals surface area (Å²) in [6, 6.07) is 4.33. The number of aromatic nitrogens is 1. The summed E-state index contributed by atoms with van der Waals surface area (Å²) in [4.78, 5) is 13.8. The number of rotatable bonds is 3. The van der Waals surface area contributed by atoms with Gasteiger partial charge in [0.25, 0.3) is 0 Å². The Hall–Kier alpha value is -1.96. The smallest absolute Gasteiger partial charge is 0.240 e. The van der Waals surface area contributed by atoms with E-state index in [4.69, 9.17) is 4.52 Å². The number of hydrogen-bond donors (Lipinski definition) is 0. The lowest BCUT2D eigenvalue weighted by molar-refractivity contribution is -0.131. The number of fused-ring (bicyclic) bond motifs is 1. The maximum absolute atomic E-state index is 13.2. The molecule has 0 aliphatic carbocycles. The number of nitrogens with zero attached hydrogens (tertiary/aromatic N) is 2. The molecule has 0 bridgehead atoms. The van der Waals surface area contributed by atoms with Crippen molar-refractivity contribution in [3.05, 3.63) is 29.7 Å². The minimum atomic E-state index is -3.40. The molecule has 0 spiro atoms. The number of piperidine rings is 1. The van der Waals surface area contributed by atoms with Crippen LogP contribution in [0.25, 0.3) is 11.0 Å². The largest absolute Gasteiger partial charge is 0.356 e. The van der Waals surface area contributed by atoms with Gasteiger partial charge in [0.05, 0.1) is 5.69 Å².